The van der Waals surface area contributed by atoms with Crippen LogP contribution >= 0.6 is 0 Å². The number of nitrogens with one attached hydrogen (secondary N) is 3. The highest BCUT2D eigenvalue weighted by molar-refractivity contribution is 5.63. The second kappa shape index (κ2) is 6.26. The van der Waals surface area contributed by atoms with Crippen molar-refractivity contribution in [2.24, 2.45) is 0 Å². The Kier molecular flexibility index (Phi) is 4.00. The summed E-state index contributed by atoms with van der Waals surface area (Å²) in [4.78, 5) is 9.07. The van der Waals surface area contributed by atoms with Gasteiger partial charge in [0.2, 0.25) is 0 Å². The molecule has 112 valence electrons. The minimum Gasteiger partial charge on any atom is -0.368 e. The van der Waals surface area contributed by atoms with E-state index in [1.54, 1.807) is 6.20 Å². The normalized spacial score (nSPS) is 10.7. The fourth-order valence-electron chi connectivity index (χ4n) is 2.05. The minimum atomic E-state index is 0.286. The van der Waals surface area contributed by atoms with Crippen molar-refractivity contribution in [3.05, 3.63) is 48.7 Å². The minimum absolute atomic E-state index is 0.286. The largest absolute Gasteiger partial charge is 0.368 e. The Hall–Kier alpha value is -2.89. The van der Waals surface area contributed by atoms with Crippen LogP contribution in [0.1, 0.15) is 13.8 Å². The third-order valence-corrected chi connectivity index (χ3v) is 2.95. The second-order valence-corrected chi connectivity index (χ2v) is 5.22. The maximum Gasteiger partial charge on any atom is 0.181 e. The molecule has 0 saturated carbocycles. The average Bonchev–Trinajstić information content (AvgIpc) is 3.01. The highest BCUT2D eigenvalue weighted by Crippen LogP contribution is 2.21. The zero-order chi connectivity index (χ0) is 15.4. The molecule has 6 heteroatoms. The lowest BCUT2D eigenvalue weighted by Crippen LogP contribution is -2.12. The molecule has 0 bridgehead atoms. The van der Waals surface area contributed by atoms with Gasteiger partial charge in [0, 0.05) is 24.0 Å². The van der Waals surface area contributed by atoms with E-state index in [1.807, 2.05) is 42.5 Å². The molecule has 0 saturated heterocycles. The van der Waals surface area contributed by atoms with Crippen molar-refractivity contribution >= 4 is 17.3 Å². The Bertz CT molecular complexity index is 722. The molecule has 3 N–H and O–H groups in total. The lowest BCUT2D eigenvalue weighted by molar-refractivity contribution is 0.887. The summed E-state index contributed by atoms with van der Waals surface area (Å²) in [5.74, 6) is 2.10. The summed E-state index contributed by atoms with van der Waals surface area (Å²) >= 11 is 0. The molecule has 0 amide bonds. The Labute approximate surface area is 129 Å². The van der Waals surface area contributed by atoms with Crippen molar-refractivity contribution in [3.8, 4) is 11.5 Å². The smallest absolute Gasteiger partial charge is 0.181 e. The predicted octanol–water partition coefficient (Wildman–Crippen LogP) is 3.43. The molecule has 1 aromatic carbocycles. The lowest BCUT2D eigenvalue weighted by Gasteiger charge is -2.12. The number of anilines is 3. The molecule has 0 fully saturated rings. The highest BCUT2D eigenvalue weighted by Gasteiger charge is 2.09. The third-order valence-electron chi connectivity index (χ3n) is 2.95. The van der Waals surface area contributed by atoms with Gasteiger partial charge >= 0.3 is 0 Å². The maximum absolute atomic E-state index is 4.54. The van der Waals surface area contributed by atoms with Gasteiger partial charge in [-0.25, -0.2) is 9.97 Å². The molecule has 0 aliphatic heterocycles. The van der Waals surface area contributed by atoms with Crippen molar-refractivity contribution in [1.29, 1.82) is 0 Å². The number of hydrogen-bond donors (Lipinski definition) is 3. The number of H-pyrrole nitrogens is 1. The van der Waals surface area contributed by atoms with Crippen LogP contribution in [0, 0.1) is 0 Å². The van der Waals surface area contributed by atoms with E-state index in [9.17, 15) is 0 Å². The van der Waals surface area contributed by atoms with Gasteiger partial charge in [0.25, 0.3) is 0 Å². The van der Waals surface area contributed by atoms with Crippen LogP contribution < -0.4 is 10.6 Å². The molecule has 3 rings (SSSR count). The van der Waals surface area contributed by atoms with Gasteiger partial charge < -0.3 is 10.6 Å². The van der Waals surface area contributed by atoms with Crippen LogP contribution in [0.15, 0.2) is 48.7 Å². The fourth-order valence-corrected chi connectivity index (χ4v) is 2.05. The Morgan fingerprint density at radius 1 is 1.00 bits per heavy atom. The van der Waals surface area contributed by atoms with E-state index in [0.717, 1.165) is 23.0 Å². The molecule has 0 aliphatic carbocycles. The fraction of sp³-hybridized carbons (Fsp3) is 0.188. The molecule has 0 radical (unpaired) electrons. The maximum atomic E-state index is 4.54. The molecule has 0 unspecified atom stereocenters. The predicted molar refractivity (Wildman–Crippen MR) is 88.1 cm³/mol. The molecular formula is C16H18N6. The first-order chi connectivity index (χ1) is 10.7. The van der Waals surface area contributed by atoms with Crippen molar-refractivity contribution in [1.82, 2.24) is 20.2 Å². The topological polar surface area (TPSA) is 78.5 Å². The molecule has 0 aliphatic rings. The summed E-state index contributed by atoms with van der Waals surface area (Å²) < 4.78 is 0. The van der Waals surface area contributed by atoms with Crippen LogP contribution in [-0.4, -0.2) is 26.2 Å². The van der Waals surface area contributed by atoms with E-state index < -0.39 is 0 Å². The molecule has 2 aromatic heterocycles. The Morgan fingerprint density at radius 2 is 1.77 bits per heavy atom. The second-order valence-electron chi connectivity index (χ2n) is 5.22. The first-order valence-corrected chi connectivity index (χ1v) is 7.18. The van der Waals surface area contributed by atoms with Gasteiger partial charge in [-0.2, -0.15) is 5.10 Å². The number of aromatic nitrogens is 4. The van der Waals surface area contributed by atoms with E-state index in [2.05, 4.69) is 44.6 Å². The van der Waals surface area contributed by atoms with E-state index in [-0.39, 0.29) is 6.04 Å². The van der Waals surface area contributed by atoms with Gasteiger partial charge in [-0.15, -0.1) is 0 Å². The highest BCUT2D eigenvalue weighted by atomic mass is 15.1. The summed E-state index contributed by atoms with van der Waals surface area (Å²) in [5, 5.41) is 13.5. The summed E-state index contributed by atoms with van der Waals surface area (Å²) in [6.45, 7) is 4.14. The van der Waals surface area contributed by atoms with Crippen molar-refractivity contribution in [3.63, 3.8) is 0 Å². The monoisotopic (exact) mass is 294 g/mol. The van der Waals surface area contributed by atoms with Gasteiger partial charge in [0.1, 0.15) is 17.3 Å². The van der Waals surface area contributed by atoms with Crippen LogP contribution in [0.2, 0.25) is 0 Å². The number of nitrogens with zero attached hydrogens (tertiary/aromatic N) is 3. The van der Waals surface area contributed by atoms with Crippen molar-refractivity contribution < 1.29 is 0 Å². The van der Waals surface area contributed by atoms with Crippen LogP contribution in [-0.2, 0) is 0 Å². The summed E-state index contributed by atoms with van der Waals surface area (Å²) in [6.07, 6.45) is 1.69. The first kappa shape index (κ1) is 14.1. The third kappa shape index (κ3) is 3.41. The van der Waals surface area contributed by atoms with Crippen LogP contribution in [0.4, 0.5) is 17.3 Å². The van der Waals surface area contributed by atoms with Gasteiger partial charge in [0.15, 0.2) is 5.82 Å². The molecule has 2 heterocycles. The zero-order valence-corrected chi connectivity index (χ0v) is 12.5. The summed E-state index contributed by atoms with van der Waals surface area (Å²) in [5.41, 5.74) is 1.76. The van der Waals surface area contributed by atoms with E-state index in [0.29, 0.717) is 5.82 Å². The molecule has 22 heavy (non-hydrogen) atoms. The van der Waals surface area contributed by atoms with E-state index in [4.69, 9.17) is 0 Å². The molecule has 6 nitrogen and oxygen atoms in total. The standard InChI is InChI=1S/C16H18N6/c1-11(2)18-14-10-15(19-12-6-4-3-5-7-12)21-16(20-14)13-8-9-17-22-13/h3-11H,1-2H3,(H,17,22)(H2,18,19,20,21). The van der Waals surface area contributed by atoms with Gasteiger partial charge in [-0.3, -0.25) is 5.10 Å². The molecule has 0 spiro atoms. The van der Waals surface area contributed by atoms with Crippen LogP contribution in [0.5, 0.6) is 0 Å². The van der Waals surface area contributed by atoms with Gasteiger partial charge in [-0.05, 0) is 32.0 Å². The van der Waals surface area contributed by atoms with Crippen LogP contribution in [0.3, 0.4) is 0 Å². The molecular weight excluding hydrogens is 276 g/mol. The number of benzene rings is 1. The summed E-state index contributed by atoms with van der Waals surface area (Å²) in [7, 11) is 0. The number of aromatic amines is 1. The summed E-state index contributed by atoms with van der Waals surface area (Å²) in [6, 6.07) is 14.0. The van der Waals surface area contributed by atoms with Crippen molar-refractivity contribution in [2.75, 3.05) is 10.6 Å². The average molecular weight is 294 g/mol. The number of hydrogen-bond acceptors (Lipinski definition) is 5. The lowest BCUT2D eigenvalue weighted by atomic mass is 10.3. The first-order valence-electron chi connectivity index (χ1n) is 7.18. The van der Waals surface area contributed by atoms with E-state index in [1.165, 1.54) is 0 Å². The van der Waals surface area contributed by atoms with Gasteiger partial charge in [-0.1, -0.05) is 18.2 Å². The Balaban J connectivity index is 1.96. The number of para-hydroxylation sites is 1. The quantitative estimate of drug-likeness (QED) is 0.672. The Morgan fingerprint density at radius 3 is 2.45 bits per heavy atom. The SMILES string of the molecule is CC(C)Nc1cc(Nc2ccccc2)nc(-c2ccn[nH]2)n1. The zero-order valence-electron chi connectivity index (χ0n) is 12.5. The van der Waals surface area contributed by atoms with Gasteiger partial charge in [0.05, 0.1) is 0 Å². The molecule has 3 aromatic rings. The van der Waals surface area contributed by atoms with Crippen LogP contribution in [0.25, 0.3) is 11.5 Å². The number of rotatable bonds is 5. The van der Waals surface area contributed by atoms with E-state index >= 15 is 0 Å². The molecule has 0 atom stereocenters. The van der Waals surface area contributed by atoms with Crippen molar-refractivity contribution in [2.45, 2.75) is 19.9 Å².